The van der Waals surface area contributed by atoms with Crippen LogP contribution in [0.3, 0.4) is 0 Å². The maximum absolute atomic E-state index is 10.7. The number of anilines is 1. The zero-order valence-electron chi connectivity index (χ0n) is 8.66. The molecule has 0 bridgehead atoms. The first-order chi connectivity index (χ1) is 8.29. The number of aromatic nitrogens is 1. The second kappa shape index (κ2) is 5.22. The van der Waals surface area contributed by atoms with E-state index in [2.05, 4.69) is 10.1 Å². The highest BCUT2D eigenvalue weighted by molar-refractivity contribution is 7.13. The molecule has 1 radical (unpaired) electrons. The van der Waals surface area contributed by atoms with Gasteiger partial charge in [-0.1, -0.05) is 23.4 Å². The Morgan fingerprint density at radius 2 is 2.18 bits per heavy atom. The first-order valence-electron chi connectivity index (χ1n) is 4.69. The smallest absolute Gasteiger partial charge is 0.259 e. The molecule has 0 spiro atoms. The minimum absolute atomic E-state index is 0.0122. The van der Waals surface area contributed by atoms with Gasteiger partial charge >= 0.3 is 0 Å². The first kappa shape index (κ1) is 11.3. The Morgan fingerprint density at radius 1 is 1.41 bits per heavy atom. The lowest BCUT2D eigenvalue weighted by atomic mass is 10.3. The summed E-state index contributed by atoms with van der Waals surface area (Å²) in [7, 11) is 0. The van der Waals surface area contributed by atoms with Crippen LogP contribution in [0.4, 0.5) is 5.13 Å². The summed E-state index contributed by atoms with van der Waals surface area (Å²) in [5.41, 5.74) is 5.81. The highest BCUT2D eigenvalue weighted by atomic mass is 32.1. The zero-order valence-corrected chi connectivity index (χ0v) is 9.48. The van der Waals surface area contributed by atoms with E-state index in [0.29, 0.717) is 16.6 Å². The molecule has 0 fully saturated rings. The summed E-state index contributed by atoms with van der Waals surface area (Å²) in [6.07, 6.45) is 1.67. The summed E-state index contributed by atoms with van der Waals surface area (Å²) in [5, 5.41) is 5.66. The predicted octanol–water partition coefficient (Wildman–Crippen LogP) is 1.62. The zero-order chi connectivity index (χ0) is 12.1. The molecule has 6 heteroatoms. The standard InChI is InChI=1S/C11H8N3O2S/c12-11-13-10(7-17-11)9(6-15)14-16-8-4-2-1-3-5-8/h1-5,7H,(H2,12,13)/b14-9+. The number of hydrogen-bond donors (Lipinski definition) is 1. The van der Waals surface area contributed by atoms with Crippen molar-refractivity contribution in [2.45, 2.75) is 0 Å². The van der Waals surface area contributed by atoms with Crippen molar-refractivity contribution in [2.75, 3.05) is 5.73 Å². The van der Waals surface area contributed by atoms with Crippen molar-refractivity contribution < 1.29 is 9.63 Å². The molecule has 5 nitrogen and oxygen atoms in total. The van der Waals surface area contributed by atoms with Crippen molar-refractivity contribution in [1.82, 2.24) is 4.98 Å². The molecular formula is C11H8N3O2S. The molecule has 85 valence electrons. The molecule has 0 aliphatic heterocycles. The van der Waals surface area contributed by atoms with E-state index < -0.39 is 0 Å². The minimum Gasteiger partial charge on any atom is -0.375 e. The molecule has 17 heavy (non-hydrogen) atoms. The van der Waals surface area contributed by atoms with Crippen LogP contribution in [0.5, 0.6) is 5.75 Å². The van der Waals surface area contributed by atoms with Gasteiger partial charge in [-0.3, -0.25) is 4.79 Å². The summed E-state index contributed by atoms with van der Waals surface area (Å²) < 4.78 is 0. The van der Waals surface area contributed by atoms with E-state index in [1.165, 1.54) is 11.3 Å². The predicted molar refractivity (Wildman–Crippen MR) is 65.8 cm³/mol. The SMILES string of the molecule is Nc1nc(/C([C]=O)=N/Oc2ccccc2)cs1. The van der Waals surface area contributed by atoms with Crippen LogP contribution >= 0.6 is 11.3 Å². The van der Waals surface area contributed by atoms with Crippen molar-refractivity contribution in [3.8, 4) is 5.75 Å². The minimum atomic E-state index is -0.0122. The summed E-state index contributed by atoms with van der Waals surface area (Å²) >= 11 is 1.22. The molecule has 1 aromatic carbocycles. The van der Waals surface area contributed by atoms with Crippen LogP contribution in [-0.2, 0) is 4.79 Å². The molecule has 1 aromatic heterocycles. The Hall–Kier alpha value is -2.21. The van der Waals surface area contributed by atoms with Gasteiger partial charge in [0.05, 0.1) is 0 Å². The topological polar surface area (TPSA) is 77.6 Å². The molecular weight excluding hydrogens is 238 g/mol. The van der Waals surface area contributed by atoms with E-state index in [-0.39, 0.29) is 5.71 Å². The quantitative estimate of drug-likeness (QED) is 0.656. The molecule has 2 N–H and O–H groups in total. The number of oxime groups is 1. The van der Waals surface area contributed by atoms with Gasteiger partial charge in [0.25, 0.3) is 6.29 Å². The van der Waals surface area contributed by atoms with Gasteiger partial charge in [0.2, 0.25) is 0 Å². The molecule has 0 atom stereocenters. The van der Waals surface area contributed by atoms with Crippen molar-refractivity contribution in [1.29, 1.82) is 0 Å². The normalized spacial score (nSPS) is 11.2. The van der Waals surface area contributed by atoms with Crippen LogP contribution in [0.1, 0.15) is 5.69 Å². The van der Waals surface area contributed by atoms with Gasteiger partial charge in [-0.2, -0.15) is 0 Å². The van der Waals surface area contributed by atoms with Crippen LogP contribution in [-0.4, -0.2) is 17.0 Å². The van der Waals surface area contributed by atoms with E-state index >= 15 is 0 Å². The molecule has 0 aliphatic carbocycles. The van der Waals surface area contributed by atoms with Gasteiger partial charge in [0.1, 0.15) is 5.69 Å². The molecule has 0 unspecified atom stereocenters. The van der Waals surface area contributed by atoms with Gasteiger partial charge in [-0.15, -0.1) is 11.3 Å². The third-order valence-corrected chi connectivity index (χ3v) is 2.52. The number of nitrogens with two attached hydrogens (primary N) is 1. The highest BCUT2D eigenvalue weighted by Crippen LogP contribution is 2.13. The number of carbonyl (C=O) groups excluding carboxylic acids is 1. The van der Waals surface area contributed by atoms with Gasteiger partial charge in [0.15, 0.2) is 16.6 Å². The fourth-order valence-electron chi connectivity index (χ4n) is 1.09. The number of hydrogen-bond acceptors (Lipinski definition) is 6. The number of nitrogen functional groups attached to an aromatic ring is 1. The van der Waals surface area contributed by atoms with Crippen LogP contribution in [0, 0.1) is 0 Å². The second-order valence-electron chi connectivity index (χ2n) is 3.02. The highest BCUT2D eigenvalue weighted by Gasteiger charge is 2.08. The number of rotatable bonds is 4. The molecule has 2 rings (SSSR count). The van der Waals surface area contributed by atoms with Gasteiger partial charge in [-0.25, -0.2) is 4.98 Å². The Bertz CT molecular complexity index is 537. The van der Waals surface area contributed by atoms with Crippen LogP contribution < -0.4 is 10.6 Å². The Kier molecular flexibility index (Phi) is 3.46. The number of thiazole rings is 1. The van der Waals surface area contributed by atoms with E-state index in [0.717, 1.165) is 0 Å². The lowest BCUT2D eigenvalue weighted by molar-refractivity contribution is 0.342. The fourth-order valence-corrected chi connectivity index (χ4v) is 1.64. The largest absolute Gasteiger partial charge is 0.375 e. The Labute approximate surface area is 102 Å². The average molecular weight is 246 g/mol. The van der Waals surface area contributed by atoms with Gasteiger partial charge in [-0.05, 0) is 12.1 Å². The van der Waals surface area contributed by atoms with Gasteiger partial charge in [0, 0.05) is 5.38 Å². The number of nitrogens with zero attached hydrogens (tertiary/aromatic N) is 2. The first-order valence-corrected chi connectivity index (χ1v) is 5.57. The second-order valence-corrected chi connectivity index (χ2v) is 3.91. The molecule has 0 saturated carbocycles. The van der Waals surface area contributed by atoms with E-state index in [1.54, 1.807) is 35.9 Å². The Balaban J connectivity index is 2.16. The lowest BCUT2D eigenvalue weighted by Gasteiger charge is -1.97. The number of para-hydroxylation sites is 1. The third kappa shape index (κ3) is 2.88. The van der Waals surface area contributed by atoms with Crippen molar-refractivity contribution in [3.63, 3.8) is 0 Å². The lowest BCUT2D eigenvalue weighted by Crippen LogP contribution is -2.05. The Morgan fingerprint density at radius 3 is 2.76 bits per heavy atom. The van der Waals surface area contributed by atoms with E-state index in [4.69, 9.17) is 10.6 Å². The van der Waals surface area contributed by atoms with Crippen molar-refractivity contribution >= 4 is 28.5 Å². The van der Waals surface area contributed by atoms with Gasteiger partial charge < -0.3 is 10.6 Å². The van der Waals surface area contributed by atoms with Crippen LogP contribution in [0.25, 0.3) is 0 Å². The summed E-state index contributed by atoms with van der Waals surface area (Å²) in [6, 6.07) is 8.90. The number of benzene rings is 1. The molecule has 0 saturated heterocycles. The molecule has 0 amide bonds. The van der Waals surface area contributed by atoms with Crippen molar-refractivity contribution in [2.24, 2.45) is 5.16 Å². The molecule has 2 aromatic rings. The molecule has 0 aliphatic rings. The summed E-state index contributed by atoms with van der Waals surface area (Å²) in [5.74, 6) is 0.531. The summed E-state index contributed by atoms with van der Waals surface area (Å²) in [4.78, 5) is 19.7. The molecule has 1 heterocycles. The van der Waals surface area contributed by atoms with E-state index in [9.17, 15) is 4.79 Å². The monoisotopic (exact) mass is 246 g/mol. The third-order valence-electron chi connectivity index (χ3n) is 1.85. The average Bonchev–Trinajstić information content (AvgIpc) is 2.78. The van der Waals surface area contributed by atoms with Crippen molar-refractivity contribution in [3.05, 3.63) is 41.4 Å². The fraction of sp³-hybridized carbons (Fsp3) is 0. The van der Waals surface area contributed by atoms with Crippen LogP contribution in [0.2, 0.25) is 0 Å². The maximum atomic E-state index is 10.7. The van der Waals surface area contributed by atoms with Crippen LogP contribution in [0.15, 0.2) is 40.9 Å². The van der Waals surface area contributed by atoms with E-state index in [1.807, 2.05) is 6.07 Å². The maximum Gasteiger partial charge on any atom is 0.259 e. The summed E-state index contributed by atoms with van der Waals surface area (Å²) in [6.45, 7) is 0.